The van der Waals surface area contributed by atoms with Crippen LogP contribution >= 0.6 is 11.6 Å². The number of hydrogen-bond donors (Lipinski definition) is 1. The summed E-state index contributed by atoms with van der Waals surface area (Å²) >= 11 is 6.12. The Bertz CT molecular complexity index is 459. The summed E-state index contributed by atoms with van der Waals surface area (Å²) in [4.78, 5) is 2.36. The van der Waals surface area contributed by atoms with E-state index < -0.39 is 0 Å². The molecule has 2 rings (SSSR count). The molecular formula is C16H24ClFN2O. The molecule has 21 heavy (non-hydrogen) atoms. The van der Waals surface area contributed by atoms with Crippen LogP contribution in [0.25, 0.3) is 0 Å². The van der Waals surface area contributed by atoms with Crippen LogP contribution in [0.5, 0.6) is 0 Å². The Balaban J connectivity index is 2.17. The van der Waals surface area contributed by atoms with Crippen molar-refractivity contribution in [1.82, 2.24) is 4.90 Å². The van der Waals surface area contributed by atoms with Crippen molar-refractivity contribution in [3.05, 3.63) is 34.6 Å². The second-order valence-corrected chi connectivity index (χ2v) is 6.23. The highest BCUT2D eigenvalue weighted by atomic mass is 35.5. The Morgan fingerprint density at radius 2 is 2.10 bits per heavy atom. The summed E-state index contributed by atoms with van der Waals surface area (Å²) in [6.45, 7) is 7.45. The first-order chi connectivity index (χ1) is 9.99. The maximum absolute atomic E-state index is 14.0. The van der Waals surface area contributed by atoms with Gasteiger partial charge in [-0.2, -0.15) is 0 Å². The fourth-order valence-corrected chi connectivity index (χ4v) is 3.20. The summed E-state index contributed by atoms with van der Waals surface area (Å²) in [5.41, 5.74) is 6.78. The summed E-state index contributed by atoms with van der Waals surface area (Å²) < 4.78 is 19.4. The lowest BCUT2D eigenvalue weighted by atomic mass is 9.83. The molecule has 1 aromatic carbocycles. The van der Waals surface area contributed by atoms with Crippen molar-refractivity contribution in [2.24, 2.45) is 5.73 Å². The number of hydrogen-bond acceptors (Lipinski definition) is 3. The van der Waals surface area contributed by atoms with Crippen LogP contribution in [0.3, 0.4) is 0 Å². The molecule has 2 unspecified atom stereocenters. The lowest BCUT2D eigenvalue weighted by molar-refractivity contribution is -0.0273. The fraction of sp³-hybridized carbons (Fsp3) is 0.625. The van der Waals surface area contributed by atoms with Crippen LogP contribution in [-0.2, 0) is 11.2 Å². The number of benzene rings is 1. The van der Waals surface area contributed by atoms with Crippen molar-refractivity contribution >= 4 is 11.6 Å². The zero-order chi connectivity index (χ0) is 15.5. The summed E-state index contributed by atoms with van der Waals surface area (Å²) in [7, 11) is 0. The van der Waals surface area contributed by atoms with Gasteiger partial charge in [0.1, 0.15) is 5.82 Å². The lowest BCUT2D eigenvalue weighted by Gasteiger charge is -2.46. The maximum atomic E-state index is 14.0. The van der Waals surface area contributed by atoms with Crippen molar-refractivity contribution < 1.29 is 9.13 Å². The molecule has 0 amide bonds. The number of rotatable bonds is 5. The highest BCUT2D eigenvalue weighted by molar-refractivity contribution is 6.31. The monoisotopic (exact) mass is 314 g/mol. The van der Waals surface area contributed by atoms with Gasteiger partial charge in [-0.25, -0.2) is 4.39 Å². The second-order valence-electron chi connectivity index (χ2n) is 5.82. The summed E-state index contributed by atoms with van der Waals surface area (Å²) in [5.74, 6) is -0.279. The highest BCUT2D eigenvalue weighted by Gasteiger charge is 2.37. The molecule has 1 fully saturated rings. The summed E-state index contributed by atoms with van der Waals surface area (Å²) in [6, 6.07) is 4.58. The van der Waals surface area contributed by atoms with Gasteiger partial charge in [-0.05, 0) is 31.9 Å². The minimum Gasteiger partial charge on any atom is -0.379 e. The predicted molar refractivity (Wildman–Crippen MR) is 84.2 cm³/mol. The van der Waals surface area contributed by atoms with E-state index in [0.29, 0.717) is 17.0 Å². The van der Waals surface area contributed by atoms with Crippen LogP contribution in [0.4, 0.5) is 4.39 Å². The van der Waals surface area contributed by atoms with Gasteiger partial charge in [0.15, 0.2) is 0 Å². The molecule has 0 saturated carbocycles. The van der Waals surface area contributed by atoms with E-state index in [2.05, 4.69) is 18.7 Å². The van der Waals surface area contributed by atoms with Gasteiger partial charge >= 0.3 is 0 Å². The molecular weight excluding hydrogens is 291 g/mol. The molecule has 118 valence electrons. The van der Waals surface area contributed by atoms with Crippen molar-refractivity contribution in [1.29, 1.82) is 0 Å². The molecule has 0 spiro atoms. The molecule has 1 aliphatic rings. The van der Waals surface area contributed by atoms with Crippen LogP contribution in [0.1, 0.15) is 25.8 Å². The van der Waals surface area contributed by atoms with Gasteiger partial charge in [0.25, 0.3) is 0 Å². The Labute approximate surface area is 131 Å². The molecule has 3 nitrogen and oxygen atoms in total. The van der Waals surface area contributed by atoms with E-state index in [0.717, 1.165) is 32.7 Å². The number of morpholine rings is 1. The van der Waals surface area contributed by atoms with Crippen LogP contribution < -0.4 is 5.73 Å². The third-order valence-electron chi connectivity index (χ3n) is 4.73. The molecule has 1 saturated heterocycles. The van der Waals surface area contributed by atoms with E-state index in [1.165, 1.54) is 6.07 Å². The quantitative estimate of drug-likeness (QED) is 0.908. The first-order valence-corrected chi connectivity index (χ1v) is 7.88. The first kappa shape index (κ1) is 16.7. The number of nitrogens with zero attached hydrogens (tertiary/aromatic N) is 1. The Morgan fingerprint density at radius 1 is 1.43 bits per heavy atom. The van der Waals surface area contributed by atoms with Crippen molar-refractivity contribution in [2.45, 2.75) is 38.3 Å². The molecule has 0 aliphatic carbocycles. The minimum atomic E-state index is -0.279. The molecule has 2 N–H and O–H groups in total. The van der Waals surface area contributed by atoms with Gasteiger partial charge in [0, 0.05) is 35.3 Å². The largest absolute Gasteiger partial charge is 0.379 e. The van der Waals surface area contributed by atoms with Crippen LogP contribution in [0.15, 0.2) is 18.2 Å². The van der Waals surface area contributed by atoms with Crippen molar-refractivity contribution in [3.63, 3.8) is 0 Å². The average Bonchev–Trinajstić information content (AvgIpc) is 2.51. The van der Waals surface area contributed by atoms with Gasteiger partial charge in [0.05, 0.1) is 13.2 Å². The van der Waals surface area contributed by atoms with Gasteiger partial charge in [-0.1, -0.05) is 24.6 Å². The van der Waals surface area contributed by atoms with Gasteiger partial charge in [-0.15, -0.1) is 0 Å². The van der Waals surface area contributed by atoms with Crippen LogP contribution in [0, 0.1) is 5.82 Å². The van der Waals surface area contributed by atoms with E-state index in [4.69, 9.17) is 22.1 Å². The molecule has 1 heterocycles. The molecule has 1 aromatic rings. The van der Waals surface area contributed by atoms with E-state index in [1.54, 1.807) is 12.1 Å². The lowest BCUT2D eigenvalue weighted by Crippen LogP contribution is -2.61. The molecule has 1 aliphatic heterocycles. The zero-order valence-electron chi connectivity index (χ0n) is 12.7. The predicted octanol–water partition coefficient (Wildman–Crippen LogP) is 2.85. The highest BCUT2D eigenvalue weighted by Crippen LogP contribution is 2.28. The second kappa shape index (κ2) is 7.05. The molecule has 2 atom stereocenters. The van der Waals surface area contributed by atoms with Gasteiger partial charge in [0.2, 0.25) is 0 Å². The Hall–Kier alpha value is -0.680. The normalized spacial score (nSPS) is 21.0. The number of ether oxygens (including phenoxy) is 1. The van der Waals surface area contributed by atoms with Gasteiger partial charge < -0.3 is 10.5 Å². The average molecular weight is 315 g/mol. The zero-order valence-corrected chi connectivity index (χ0v) is 13.5. The van der Waals surface area contributed by atoms with Crippen molar-refractivity contribution in [2.75, 3.05) is 26.3 Å². The van der Waals surface area contributed by atoms with E-state index in [1.807, 2.05) is 0 Å². The third kappa shape index (κ3) is 3.57. The number of halogens is 2. The number of nitrogens with two attached hydrogens (primary N) is 1. The molecule has 0 aromatic heterocycles. The summed E-state index contributed by atoms with van der Waals surface area (Å²) in [5, 5.41) is 0.450. The molecule has 5 heteroatoms. The standard InChI is InChI=1S/C16H24ClFN2O/c1-3-16(2,20-7-9-21-10-8-20)15(19)11-12-13(17)5-4-6-14(12)18/h4-6,15H,3,7-11,19H2,1-2H3. The van der Waals surface area contributed by atoms with E-state index in [-0.39, 0.29) is 17.4 Å². The SMILES string of the molecule is CCC(C)(C(N)Cc1c(F)cccc1Cl)N1CCOCC1. The van der Waals surface area contributed by atoms with Gasteiger partial charge in [-0.3, -0.25) is 4.90 Å². The van der Waals surface area contributed by atoms with E-state index in [9.17, 15) is 4.39 Å². The topological polar surface area (TPSA) is 38.5 Å². The Morgan fingerprint density at radius 3 is 2.67 bits per heavy atom. The van der Waals surface area contributed by atoms with Crippen LogP contribution in [0.2, 0.25) is 5.02 Å². The van der Waals surface area contributed by atoms with Crippen molar-refractivity contribution in [3.8, 4) is 0 Å². The van der Waals surface area contributed by atoms with Crippen LogP contribution in [-0.4, -0.2) is 42.8 Å². The minimum absolute atomic E-state index is 0.185. The van der Waals surface area contributed by atoms with E-state index >= 15 is 0 Å². The third-order valence-corrected chi connectivity index (χ3v) is 5.09. The fourth-order valence-electron chi connectivity index (χ4n) is 2.96. The maximum Gasteiger partial charge on any atom is 0.127 e. The molecule has 0 radical (unpaired) electrons. The first-order valence-electron chi connectivity index (χ1n) is 7.50. The smallest absolute Gasteiger partial charge is 0.127 e. The summed E-state index contributed by atoms with van der Waals surface area (Å²) in [6.07, 6.45) is 1.34. The Kier molecular flexibility index (Phi) is 5.60. The molecule has 0 bridgehead atoms.